The number of ether oxygens (including phenoxy) is 1. The Bertz CT molecular complexity index is 1460. The highest BCUT2D eigenvalue weighted by atomic mass is 16.6. The van der Waals surface area contributed by atoms with Gasteiger partial charge in [-0.3, -0.25) is 29.5 Å². The van der Waals surface area contributed by atoms with E-state index in [9.17, 15) is 19.7 Å². The van der Waals surface area contributed by atoms with E-state index in [1.165, 1.54) is 24.1 Å². The van der Waals surface area contributed by atoms with E-state index in [1.54, 1.807) is 41.3 Å². The first-order valence-electron chi connectivity index (χ1n) is 11.4. The molecule has 0 spiro atoms. The van der Waals surface area contributed by atoms with Gasteiger partial charge in [0, 0.05) is 22.7 Å². The molecule has 0 aliphatic carbocycles. The predicted octanol–water partition coefficient (Wildman–Crippen LogP) is 3.54. The number of fused-ring (bicyclic) bond motifs is 1. The molecular weight excluding hydrogens is 460 g/mol. The van der Waals surface area contributed by atoms with Crippen LogP contribution in [0.25, 0.3) is 0 Å². The van der Waals surface area contributed by atoms with Crippen molar-refractivity contribution in [3.63, 3.8) is 0 Å². The van der Waals surface area contributed by atoms with Gasteiger partial charge in [0.2, 0.25) is 6.54 Å². The first kappa shape index (κ1) is 23.1. The number of aromatic nitrogens is 2. The topological polar surface area (TPSA) is 110 Å². The smallest absolute Gasteiger partial charge is 0.264 e. The van der Waals surface area contributed by atoms with E-state index in [-0.39, 0.29) is 12.5 Å². The van der Waals surface area contributed by atoms with E-state index in [0.29, 0.717) is 22.6 Å². The number of para-hydroxylation sites is 1. The van der Waals surface area contributed by atoms with Crippen LogP contribution in [0.2, 0.25) is 0 Å². The normalized spacial score (nSPS) is 17.6. The van der Waals surface area contributed by atoms with Crippen LogP contribution in [-0.4, -0.2) is 34.3 Å². The molecule has 9 heteroatoms. The summed E-state index contributed by atoms with van der Waals surface area (Å²) < 4.78 is 6.70. The molecule has 3 aromatic carbocycles. The third-order valence-corrected chi connectivity index (χ3v) is 6.70. The summed E-state index contributed by atoms with van der Waals surface area (Å²) in [6, 6.07) is 25.0. The summed E-state index contributed by atoms with van der Waals surface area (Å²) in [5.74, 6) is -0.705. The monoisotopic (exact) mass is 484 g/mol. The lowest BCUT2D eigenvalue weighted by molar-refractivity contribution is -0.485. The van der Waals surface area contributed by atoms with Crippen molar-refractivity contribution in [2.24, 2.45) is 0 Å². The Morgan fingerprint density at radius 2 is 1.67 bits per heavy atom. The van der Waals surface area contributed by atoms with Gasteiger partial charge in [-0.1, -0.05) is 60.7 Å². The van der Waals surface area contributed by atoms with Crippen LogP contribution in [0.1, 0.15) is 22.6 Å². The van der Waals surface area contributed by atoms with Crippen molar-refractivity contribution in [2.45, 2.75) is 18.0 Å². The predicted molar refractivity (Wildman–Crippen MR) is 134 cm³/mol. The van der Waals surface area contributed by atoms with Crippen molar-refractivity contribution >= 4 is 11.6 Å². The number of benzene rings is 3. The largest absolute Gasteiger partial charge is 0.497 e. The summed E-state index contributed by atoms with van der Waals surface area (Å²) >= 11 is 0. The number of nitrogens with one attached hydrogen (secondary N) is 1. The quantitative estimate of drug-likeness (QED) is 0.304. The van der Waals surface area contributed by atoms with Crippen molar-refractivity contribution in [3.8, 4) is 5.75 Å². The minimum absolute atomic E-state index is 0.276. The zero-order valence-electron chi connectivity index (χ0n) is 19.5. The van der Waals surface area contributed by atoms with E-state index in [1.807, 2.05) is 42.5 Å². The fraction of sp³-hybridized carbons (Fsp3) is 0.185. The Balaban J connectivity index is 1.77. The summed E-state index contributed by atoms with van der Waals surface area (Å²) in [6.07, 6.45) is 1.49. The fourth-order valence-corrected chi connectivity index (χ4v) is 5.13. The molecule has 182 valence electrons. The fourth-order valence-electron chi connectivity index (χ4n) is 5.13. The number of rotatable bonds is 8. The van der Waals surface area contributed by atoms with Crippen molar-refractivity contribution < 1.29 is 14.5 Å². The van der Waals surface area contributed by atoms with Gasteiger partial charge in [-0.05, 0) is 29.3 Å². The molecule has 1 aliphatic heterocycles. The van der Waals surface area contributed by atoms with Crippen LogP contribution in [0.3, 0.4) is 0 Å². The van der Waals surface area contributed by atoms with Crippen LogP contribution < -0.4 is 15.2 Å². The molecule has 1 amide bonds. The Morgan fingerprint density at radius 3 is 2.31 bits per heavy atom. The average Bonchev–Trinajstić information content (AvgIpc) is 3.43. The molecule has 2 heterocycles. The maximum atomic E-state index is 14.6. The van der Waals surface area contributed by atoms with Crippen LogP contribution in [0.15, 0.2) is 95.9 Å². The first-order chi connectivity index (χ1) is 17.4. The van der Waals surface area contributed by atoms with Crippen LogP contribution in [0.5, 0.6) is 5.75 Å². The summed E-state index contributed by atoms with van der Waals surface area (Å²) in [5, 5.41) is 14.7. The van der Waals surface area contributed by atoms with Crippen LogP contribution in [0.4, 0.5) is 5.69 Å². The molecule has 9 nitrogen and oxygen atoms in total. The van der Waals surface area contributed by atoms with Crippen LogP contribution >= 0.6 is 0 Å². The Morgan fingerprint density at radius 1 is 0.972 bits per heavy atom. The number of nitro groups is 1. The number of amides is 1. The van der Waals surface area contributed by atoms with Gasteiger partial charge >= 0.3 is 0 Å². The van der Waals surface area contributed by atoms with E-state index in [4.69, 9.17) is 4.74 Å². The first-order valence-corrected chi connectivity index (χ1v) is 11.4. The van der Waals surface area contributed by atoms with Gasteiger partial charge in [0.1, 0.15) is 5.75 Å². The highest BCUT2D eigenvalue weighted by molar-refractivity contribution is 6.08. The third kappa shape index (κ3) is 3.74. The van der Waals surface area contributed by atoms with E-state index < -0.39 is 28.5 Å². The van der Waals surface area contributed by atoms with Gasteiger partial charge in [0.25, 0.3) is 11.5 Å². The van der Waals surface area contributed by atoms with Crippen molar-refractivity contribution in [1.82, 2.24) is 9.78 Å². The second-order valence-electron chi connectivity index (χ2n) is 8.66. The molecule has 0 unspecified atom stereocenters. The number of hydrogen-bond acceptors (Lipinski definition) is 5. The molecule has 0 fully saturated rings. The van der Waals surface area contributed by atoms with Crippen LogP contribution in [0, 0.1) is 10.1 Å². The summed E-state index contributed by atoms with van der Waals surface area (Å²) in [5.41, 5.74) is 0.717. The van der Waals surface area contributed by atoms with Crippen LogP contribution in [-0.2, 0) is 16.9 Å². The number of anilines is 1. The zero-order chi connectivity index (χ0) is 25.3. The summed E-state index contributed by atoms with van der Waals surface area (Å²) in [4.78, 5) is 40.1. The van der Waals surface area contributed by atoms with Gasteiger partial charge in [-0.15, -0.1) is 0 Å². The molecule has 0 bridgehead atoms. The van der Waals surface area contributed by atoms with Gasteiger partial charge in [0.15, 0.2) is 5.54 Å². The molecule has 1 N–H and O–H groups in total. The van der Waals surface area contributed by atoms with Gasteiger partial charge in [-0.2, -0.15) is 0 Å². The number of carbonyl (C=O) groups is 1. The lowest BCUT2D eigenvalue weighted by Gasteiger charge is -2.36. The third-order valence-electron chi connectivity index (χ3n) is 6.70. The molecule has 0 saturated heterocycles. The number of carbonyl (C=O) groups excluding carboxylic acids is 1. The number of hydrogen-bond donors (Lipinski definition) is 1. The molecule has 0 saturated carbocycles. The second kappa shape index (κ2) is 9.18. The number of methoxy groups -OCH3 is 1. The molecule has 5 rings (SSSR count). The molecular formula is C27H24N4O5. The van der Waals surface area contributed by atoms with E-state index in [0.717, 1.165) is 5.56 Å². The van der Waals surface area contributed by atoms with Crippen molar-refractivity contribution in [3.05, 3.63) is 128 Å². The average molecular weight is 485 g/mol. The minimum Gasteiger partial charge on any atom is -0.497 e. The molecule has 1 aliphatic rings. The Hall–Kier alpha value is -4.66. The highest BCUT2D eigenvalue weighted by Crippen LogP contribution is 2.51. The zero-order valence-corrected chi connectivity index (χ0v) is 19.5. The van der Waals surface area contributed by atoms with Crippen molar-refractivity contribution in [1.29, 1.82) is 0 Å². The Kier molecular flexibility index (Phi) is 5.89. The molecule has 36 heavy (non-hydrogen) atoms. The van der Waals surface area contributed by atoms with Gasteiger partial charge in [0.05, 0.1) is 25.3 Å². The molecule has 0 radical (unpaired) electrons. The van der Waals surface area contributed by atoms with E-state index in [2.05, 4.69) is 5.10 Å². The summed E-state index contributed by atoms with van der Waals surface area (Å²) in [7, 11) is 1.54. The van der Waals surface area contributed by atoms with E-state index >= 15 is 0 Å². The van der Waals surface area contributed by atoms with Gasteiger partial charge in [-0.25, -0.2) is 0 Å². The minimum atomic E-state index is -1.59. The number of nitrogens with zero attached hydrogens (tertiary/aromatic N) is 3. The maximum Gasteiger partial charge on any atom is 0.264 e. The summed E-state index contributed by atoms with van der Waals surface area (Å²) in [6.45, 7) is -0.260. The molecule has 4 aromatic rings. The maximum absolute atomic E-state index is 14.6. The Labute approximate surface area is 206 Å². The molecule has 1 aromatic heterocycles. The lowest BCUT2D eigenvalue weighted by atomic mass is 9.75. The van der Waals surface area contributed by atoms with Gasteiger partial charge < -0.3 is 9.64 Å². The highest BCUT2D eigenvalue weighted by Gasteiger charge is 2.59. The number of aromatic amines is 1. The lowest BCUT2D eigenvalue weighted by Crippen LogP contribution is -2.52. The number of H-pyrrole nitrogens is 1. The second-order valence-corrected chi connectivity index (χ2v) is 8.66. The SMILES string of the molecule is COc1ccc([C@@H](C[N+](=O)[O-])[C@@]2(n3ccc(=O)[nH]3)C(=O)N(Cc3ccccc3)c3ccccc32)cc1. The van der Waals surface area contributed by atoms with Crippen molar-refractivity contribution in [2.75, 3.05) is 18.6 Å². The standard InChI is InChI=1S/C27H24N4O5/c1-36-21-13-11-20(12-14-21)23(18-31(34)35)27(30-16-15-25(32)28-30)22-9-5-6-10-24(22)29(26(27)33)17-19-7-3-2-4-8-19/h2-16,23H,17-18H2,1H3,(H,28,32)/t23-,27-/m1/s1. The molecule has 2 atom stereocenters.